The number of aryl methyl sites for hydroxylation is 1. The second-order valence-electron chi connectivity index (χ2n) is 5.30. The quantitative estimate of drug-likeness (QED) is 0.414. The number of anilines is 2. The topological polar surface area (TPSA) is 75.9 Å². The van der Waals surface area contributed by atoms with Gasteiger partial charge < -0.3 is 10.7 Å². The fourth-order valence-corrected chi connectivity index (χ4v) is 2.34. The standard InChI is InChI=1S/C16H23N5/c1-12(2)14-15(19-11-20-16(14)21-17)18-10-6-9-13-7-4-3-5-8-13/h3-5,7-8,11-12H,6,9-10,17H2,1-2H3,(H2,18,19,20,21). The average Bonchev–Trinajstić information content (AvgIpc) is 2.52. The van der Waals surface area contributed by atoms with Gasteiger partial charge in [-0.25, -0.2) is 15.8 Å². The summed E-state index contributed by atoms with van der Waals surface area (Å²) in [6, 6.07) is 10.5. The molecule has 21 heavy (non-hydrogen) atoms. The molecule has 0 bridgehead atoms. The van der Waals surface area contributed by atoms with Crippen molar-refractivity contribution in [3.05, 3.63) is 47.8 Å². The molecule has 4 N–H and O–H groups in total. The number of hydrogen-bond acceptors (Lipinski definition) is 5. The first-order chi connectivity index (χ1) is 10.2. The highest BCUT2D eigenvalue weighted by Gasteiger charge is 2.13. The number of aromatic nitrogens is 2. The van der Waals surface area contributed by atoms with Gasteiger partial charge in [-0.1, -0.05) is 44.2 Å². The number of rotatable bonds is 7. The molecular weight excluding hydrogens is 262 g/mol. The summed E-state index contributed by atoms with van der Waals surface area (Å²) in [6.45, 7) is 5.08. The van der Waals surface area contributed by atoms with Crippen LogP contribution in [-0.4, -0.2) is 16.5 Å². The minimum absolute atomic E-state index is 0.300. The molecule has 0 spiro atoms. The van der Waals surface area contributed by atoms with Crippen molar-refractivity contribution in [2.45, 2.75) is 32.6 Å². The Hall–Kier alpha value is -2.14. The van der Waals surface area contributed by atoms with E-state index in [9.17, 15) is 0 Å². The van der Waals surface area contributed by atoms with Gasteiger partial charge in [0.2, 0.25) is 0 Å². The van der Waals surface area contributed by atoms with Gasteiger partial charge in [0.05, 0.1) is 0 Å². The zero-order valence-electron chi connectivity index (χ0n) is 12.6. The molecule has 0 amide bonds. The normalized spacial score (nSPS) is 10.7. The van der Waals surface area contributed by atoms with E-state index >= 15 is 0 Å². The van der Waals surface area contributed by atoms with Gasteiger partial charge >= 0.3 is 0 Å². The summed E-state index contributed by atoms with van der Waals surface area (Å²) < 4.78 is 0. The van der Waals surface area contributed by atoms with Crippen LogP contribution in [0.1, 0.15) is 37.3 Å². The van der Waals surface area contributed by atoms with E-state index in [2.05, 4.69) is 58.8 Å². The Kier molecular flexibility index (Phi) is 5.51. The molecule has 0 fully saturated rings. The first kappa shape index (κ1) is 15.3. The Morgan fingerprint density at radius 1 is 1.10 bits per heavy atom. The van der Waals surface area contributed by atoms with Crippen LogP contribution in [0.15, 0.2) is 36.7 Å². The maximum atomic E-state index is 5.52. The fourth-order valence-electron chi connectivity index (χ4n) is 2.34. The first-order valence-electron chi connectivity index (χ1n) is 7.31. The molecule has 0 atom stereocenters. The van der Waals surface area contributed by atoms with Crippen molar-refractivity contribution in [1.82, 2.24) is 9.97 Å². The van der Waals surface area contributed by atoms with Crippen molar-refractivity contribution in [3.8, 4) is 0 Å². The highest BCUT2D eigenvalue weighted by Crippen LogP contribution is 2.27. The Morgan fingerprint density at radius 3 is 2.48 bits per heavy atom. The minimum Gasteiger partial charge on any atom is -0.370 e. The van der Waals surface area contributed by atoms with E-state index in [0.29, 0.717) is 11.7 Å². The van der Waals surface area contributed by atoms with Gasteiger partial charge in [-0.05, 0) is 24.3 Å². The monoisotopic (exact) mass is 285 g/mol. The summed E-state index contributed by atoms with van der Waals surface area (Å²) in [4.78, 5) is 8.50. The number of nitrogens with one attached hydrogen (secondary N) is 2. The maximum Gasteiger partial charge on any atom is 0.148 e. The Balaban J connectivity index is 1.94. The molecule has 5 nitrogen and oxygen atoms in total. The van der Waals surface area contributed by atoms with Crippen molar-refractivity contribution in [1.29, 1.82) is 0 Å². The van der Waals surface area contributed by atoms with Crippen LogP contribution in [0.4, 0.5) is 11.6 Å². The summed E-state index contributed by atoms with van der Waals surface area (Å²) in [5.41, 5.74) is 5.03. The fraction of sp³-hybridized carbons (Fsp3) is 0.375. The Bertz CT molecular complexity index is 554. The molecule has 0 aliphatic heterocycles. The summed E-state index contributed by atoms with van der Waals surface area (Å²) in [6.07, 6.45) is 3.63. The van der Waals surface area contributed by atoms with Crippen LogP contribution in [0.3, 0.4) is 0 Å². The van der Waals surface area contributed by atoms with Gasteiger partial charge in [0.15, 0.2) is 0 Å². The highest BCUT2D eigenvalue weighted by atomic mass is 15.3. The molecular formula is C16H23N5. The van der Waals surface area contributed by atoms with Crippen LogP contribution in [0.25, 0.3) is 0 Å². The molecule has 1 aromatic carbocycles. The lowest BCUT2D eigenvalue weighted by Crippen LogP contribution is -2.15. The van der Waals surface area contributed by atoms with Crippen LogP contribution in [0.2, 0.25) is 0 Å². The molecule has 0 aliphatic rings. The SMILES string of the molecule is CC(C)c1c(NN)ncnc1NCCCc1ccccc1. The molecule has 0 aliphatic carbocycles. The van der Waals surface area contributed by atoms with E-state index < -0.39 is 0 Å². The van der Waals surface area contributed by atoms with Crippen molar-refractivity contribution in [2.75, 3.05) is 17.3 Å². The number of hydrogen-bond donors (Lipinski definition) is 3. The number of nitrogen functional groups attached to an aromatic ring is 1. The van der Waals surface area contributed by atoms with E-state index in [1.807, 2.05) is 6.07 Å². The highest BCUT2D eigenvalue weighted by molar-refractivity contribution is 5.58. The van der Waals surface area contributed by atoms with Gasteiger partial charge in [0, 0.05) is 12.1 Å². The van der Waals surface area contributed by atoms with Gasteiger partial charge in [-0.2, -0.15) is 0 Å². The summed E-state index contributed by atoms with van der Waals surface area (Å²) in [5.74, 6) is 7.37. The Labute approximate surface area is 126 Å². The number of nitrogens with zero attached hydrogens (tertiary/aromatic N) is 2. The second kappa shape index (κ2) is 7.59. The van der Waals surface area contributed by atoms with Crippen LogP contribution in [0, 0.1) is 0 Å². The second-order valence-corrected chi connectivity index (χ2v) is 5.30. The third-order valence-corrected chi connectivity index (χ3v) is 3.38. The van der Waals surface area contributed by atoms with E-state index in [-0.39, 0.29) is 0 Å². The molecule has 0 saturated carbocycles. The molecule has 2 rings (SSSR count). The van der Waals surface area contributed by atoms with E-state index in [4.69, 9.17) is 5.84 Å². The summed E-state index contributed by atoms with van der Waals surface area (Å²) in [7, 11) is 0. The predicted octanol–water partition coefficient (Wildman–Crippen LogP) is 2.93. The third kappa shape index (κ3) is 4.16. The lowest BCUT2D eigenvalue weighted by molar-refractivity contribution is 0.825. The number of benzene rings is 1. The molecule has 1 heterocycles. The smallest absolute Gasteiger partial charge is 0.148 e. The molecule has 2 aromatic rings. The van der Waals surface area contributed by atoms with Crippen LogP contribution in [-0.2, 0) is 6.42 Å². The largest absolute Gasteiger partial charge is 0.370 e. The Morgan fingerprint density at radius 2 is 1.81 bits per heavy atom. The molecule has 112 valence electrons. The first-order valence-corrected chi connectivity index (χ1v) is 7.31. The molecule has 5 heteroatoms. The van der Waals surface area contributed by atoms with Crippen LogP contribution in [0.5, 0.6) is 0 Å². The van der Waals surface area contributed by atoms with Crippen molar-refractivity contribution >= 4 is 11.6 Å². The molecule has 0 radical (unpaired) electrons. The van der Waals surface area contributed by atoms with Gasteiger partial charge in [-0.15, -0.1) is 0 Å². The lowest BCUT2D eigenvalue weighted by Gasteiger charge is -2.16. The third-order valence-electron chi connectivity index (χ3n) is 3.38. The van der Waals surface area contributed by atoms with E-state index in [1.165, 1.54) is 11.9 Å². The lowest BCUT2D eigenvalue weighted by atomic mass is 10.0. The minimum atomic E-state index is 0.300. The predicted molar refractivity (Wildman–Crippen MR) is 87.2 cm³/mol. The van der Waals surface area contributed by atoms with Crippen LogP contribution < -0.4 is 16.6 Å². The summed E-state index contributed by atoms with van der Waals surface area (Å²) in [5, 5.41) is 3.39. The van der Waals surface area contributed by atoms with Gasteiger partial charge in [0.1, 0.15) is 18.0 Å². The van der Waals surface area contributed by atoms with E-state index in [1.54, 1.807) is 0 Å². The van der Waals surface area contributed by atoms with Crippen LogP contribution >= 0.6 is 0 Å². The maximum absolute atomic E-state index is 5.52. The summed E-state index contributed by atoms with van der Waals surface area (Å²) >= 11 is 0. The van der Waals surface area contributed by atoms with Gasteiger partial charge in [0.25, 0.3) is 0 Å². The number of hydrazine groups is 1. The molecule has 0 saturated heterocycles. The zero-order chi connectivity index (χ0) is 15.1. The van der Waals surface area contributed by atoms with Crippen molar-refractivity contribution in [2.24, 2.45) is 5.84 Å². The average molecular weight is 285 g/mol. The molecule has 0 unspecified atom stereocenters. The zero-order valence-corrected chi connectivity index (χ0v) is 12.6. The molecule has 1 aromatic heterocycles. The van der Waals surface area contributed by atoms with E-state index in [0.717, 1.165) is 30.8 Å². The van der Waals surface area contributed by atoms with Crippen molar-refractivity contribution in [3.63, 3.8) is 0 Å². The van der Waals surface area contributed by atoms with Crippen molar-refractivity contribution < 1.29 is 0 Å². The van der Waals surface area contributed by atoms with Gasteiger partial charge in [-0.3, -0.25) is 0 Å². The number of nitrogens with two attached hydrogens (primary N) is 1.